The molecule has 1 aliphatic heterocycles. The third kappa shape index (κ3) is 4.61. The molecule has 30 heavy (non-hydrogen) atoms. The molecule has 0 aromatic heterocycles. The maximum Gasteiger partial charge on any atom is 0.251 e. The lowest BCUT2D eigenvalue weighted by molar-refractivity contribution is 0.0956. The lowest BCUT2D eigenvalue weighted by Crippen LogP contribution is -2.40. The number of nitrogens with zero attached hydrogens (tertiary/aromatic N) is 1. The first-order chi connectivity index (χ1) is 14.5. The molecule has 3 aromatic rings. The summed E-state index contributed by atoms with van der Waals surface area (Å²) in [7, 11) is -3.43. The lowest BCUT2D eigenvalue weighted by atomic mass is 10.0. The van der Waals surface area contributed by atoms with Crippen molar-refractivity contribution >= 4 is 15.9 Å². The molecule has 0 atom stereocenters. The van der Waals surface area contributed by atoms with Crippen LogP contribution in [-0.2, 0) is 23.0 Å². The molecule has 0 fully saturated rings. The van der Waals surface area contributed by atoms with Crippen LogP contribution in [0, 0.1) is 0 Å². The third-order valence-corrected chi connectivity index (χ3v) is 7.21. The van der Waals surface area contributed by atoms with E-state index < -0.39 is 10.0 Å². The Kier molecular flexibility index (Phi) is 5.97. The van der Waals surface area contributed by atoms with Gasteiger partial charge in [-0.15, -0.1) is 0 Å². The number of nitrogens with one attached hydrogen (secondary N) is 1. The predicted octanol–water partition coefficient (Wildman–Crippen LogP) is 3.47. The zero-order chi connectivity index (χ0) is 21.0. The van der Waals surface area contributed by atoms with Gasteiger partial charge in [-0.05, 0) is 40.8 Å². The maximum absolute atomic E-state index is 12.7. The van der Waals surface area contributed by atoms with Crippen molar-refractivity contribution in [2.45, 2.75) is 13.0 Å². The molecule has 6 heteroatoms. The second kappa shape index (κ2) is 8.81. The van der Waals surface area contributed by atoms with E-state index in [0.717, 1.165) is 23.1 Å². The number of hydrogen-bond acceptors (Lipinski definition) is 3. The second-order valence-corrected chi connectivity index (χ2v) is 9.46. The van der Waals surface area contributed by atoms with E-state index >= 15 is 0 Å². The molecule has 0 saturated carbocycles. The molecule has 0 saturated heterocycles. The number of amides is 1. The Morgan fingerprint density at radius 2 is 1.47 bits per heavy atom. The van der Waals surface area contributed by atoms with E-state index in [-0.39, 0.29) is 18.2 Å². The highest BCUT2D eigenvalue weighted by Crippen LogP contribution is 2.21. The quantitative estimate of drug-likeness (QED) is 0.664. The fourth-order valence-corrected chi connectivity index (χ4v) is 5.00. The monoisotopic (exact) mass is 420 g/mol. The molecule has 1 amide bonds. The summed E-state index contributed by atoms with van der Waals surface area (Å²) in [5, 5.41) is 2.73. The topological polar surface area (TPSA) is 66.5 Å². The molecule has 5 nitrogen and oxygen atoms in total. The maximum atomic E-state index is 12.7. The van der Waals surface area contributed by atoms with Gasteiger partial charge in [0.25, 0.3) is 5.91 Å². The van der Waals surface area contributed by atoms with Gasteiger partial charge >= 0.3 is 0 Å². The lowest BCUT2D eigenvalue weighted by Gasteiger charge is -2.28. The van der Waals surface area contributed by atoms with Gasteiger partial charge in [0.2, 0.25) is 10.0 Å². The average Bonchev–Trinajstić information content (AvgIpc) is 2.79. The van der Waals surface area contributed by atoms with Crippen LogP contribution in [0.2, 0.25) is 0 Å². The Hall–Kier alpha value is -2.96. The molecule has 1 heterocycles. The number of fused-ring (bicyclic) bond motifs is 1. The Morgan fingerprint density at radius 3 is 2.20 bits per heavy atom. The Labute approximate surface area is 177 Å². The number of sulfonamides is 1. The van der Waals surface area contributed by atoms with Crippen LogP contribution < -0.4 is 5.32 Å². The minimum atomic E-state index is -3.43. The van der Waals surface area contributed by atoms with Gasteiger partial charge in [-0.2, -0.15) is 4.31 Å². The third-order valence-electron chi connectivity index (χ3n) is 5.39. The molecule has 1 aliphatic rings. The second-order valence-electron chi connectivity index (χ2n) is 7.37. The first kappa shape index (κ1) is 20.3. The predicted molar refractivity (Wildman–Crippen MR) is 119 cm³/mol. The van der Waals surface area contributed by atoms with Crippen molar-refractivity contribution < 1.29 is 13.2 Å². The van der Waals surface area contributed by atoms with Gasteiger partial charge in [-0.3, -0.25) is 4.79 Å². The van der Waals surface area contributed by atoms with E-state index in [2.05, 4.69) is 5.32 Å². The van der Waals surface area contributed by atoms with E-state index in [1.165, 1.54) is 9.87 Å². The molecule has 0 unspecified atom stereocenters. The molecule has 0 radical (unpaired) electrons. The molecule has 4 rings (SSSR count). The van der Waals surface area contributed by atoms with Crippen molar-refractivity contribution in [2.75, 3.05) is 18.8 Å². The normalized spacial score (nSPS) is 14.1. The minimum absolute atomic E-state index is 0.0831. The highest BCUT2D eigenvalue weighted by atomic mass is 32.2. The highest BCUT2D eigenvalue weighted by Gasteiger charge is 2.26. The zero-order valence-corrected chi connectivity index (χ0v) is 17.4. The van der Waals surface area contributed by atoms with Gasteiger partial charge in [0.1, 0.15) is 0 Å². The fraction of sp³-hybridized carbons (Fsp3) is 0.208. The van der Waals surface area contributed by atoms with Gasteiger partial charge in [-0.25, -0.2) is 8.42 Å². The molecule has 3 aromatic carbocycles. The van der Waals surface area contributed by atoms with Crippen LogP contribution in [0.5, 0.6) is 0 Å². The summed E-state index contributed by atoms with van der Waals surface area (Å²) in [5.74, 6) is -0.378. The smallest absolute Gasteiger partial charge is 0.251 e. The first-order valence-corrected chi connectivity index (χ1v) is 11.6. The summed E-state index contributed by atoms with van der Waals surface area (Å²) >= 11 is 0. The van der Waals surface area contributed by atoms with Crippen LogP contribution in [-0.4, -0.2) is 37.5 Å². The van der Waals surface area contributed by atoms with E-state index in [1.807, 2.05) is 66.7 Å². The van der Waals surface area contributed by atoms with Gasteiger partial charge in [-0.1, -0.05) is 66.7 Å². The minimum Gasteiger partial charge on any atom is -0.351 e. The number of carbonyl (C=O) groups is 1. The number of hydrogen-bond donors (Lipinski definition) is 1. The summed E-state index contributed by atoms with van der Waals surface area (Å²) in [6.07, 6.45) is 0.718. The van der Waals surface area contributed by atoms with Crippen LogP contribution in [0.1, 0.15) is 21.5 Å². The summed E-state index contributed by atoms with van der Waals surface area (Å²) in [5.41, 5.74) is 4.88. The van der Waals surface area contributed by atoms with E-state index in [4.69, 9.17) is 0 Å². The summed E-state index contributed by atoms with van der Waals surface area (Å²) in [6.45, 7) is 0.960. The van der Waals surface area contributed by atoms with Crippen molar-refractivity contribution in [2.24, 2.45) is 0 Å². The van der Waals surface area contributed by atoms with Crippen LogP contribution >= 0.6 is 0 Å². The van der Waals surface area contributed by atoms with E-state index in [1.54, 1.807) is 12.1 Å². The van der Waals surface area contributed by atoms with Gasteiger partial charge < -0.3 is 5.32 Å². The summed E-state index contributed by atoms with van der Waals surface area (Å²) in [6, 6.07) is 25.2. The van der Waals surface area contributed by atoms with Gasteiger partial charge in [0, 0.05) is 25.2 Å². The van der Waals surface area contributed by atoms with Crippen LogP contribution in [0.4, 0.5) is 0 Å². The van der Waals surface area contributed by atoms with Crippen LogP contribution in [0.3, 0.4) is 0 Å². The molecule has 1 N–H and O–H groups in total. The number of carbonyl (C=O) groups excluding carboxylic acids is 1. The molecular formula is C24H24N2O3S. The van der Waals surface area contributed by atoms with Crippen molar-refractivity contribution in [1.29, 1.82) is 0 Å². The molecule has 0 spiro atoms. The Bertz CT molecular complexity index is 1130. The van der Waals surface area contributed by atoms with Gasteiger partial charge in [0.05, 0.1) is 5.75 Å². The molecule has 154 valence electrons. The van der Waals surface area contributed by atoms with Crippen molar-refractivity contribution in [3.63, 3.8) is 0 Å². The molecular weight excluding hydrogens is 396 g/mol. The van der Waals surface area contributed by atoms with E-state index in [0.29, 0.717) is 18.7 Å². The zero-order valence-electron chi connectivity index (χ0n) is 16.6. The van der Waals surface area contributed by atoms with Crippen LogP contribution in [0.25, 0.3) is 11.1 Å². The van der Waals surface area contributed by atoms with Crippen molar-refractivity contribution in [3.05, 3.63) is 95.6 Å². The summed E-state index contributed by atoms with van der Waals surface area (Å²) in [4.78, 5) is 12.4. The van der Waals surface area contributed by atoms with Crippen molar-refractivity contribution in [1.82, 2.24) is 9.62 Å². The molecule has 0 bridgehead atoms. The largest absolute Gasteiger partial charge is 0.351 e. The standard InChI is InChI=1S/C24H24N2O3S/c27-24(22-12-10-21(11-13-22)19-6-2-1-3-7-19)25-15-17-30(28,29)26-16-14-20-8-4-5-9-23(20)18-26/h1-13H,14-18H2,(H,25,27). The Morgan fingerprint density at radius 1 is 0.833 bits per heavy atom. The van der Waals surface area contributed by atoms with Crippen molar-refractivity contribution in [3.8, 4) is 11.1 Å². The Balaban J connectivity index is 1.32. The average molecular weight is 421 g/mol. The highest BCUT2D eigenvalue weighted by molar-refractivity contribution is 7.89. The molecule has 0 aliphatic carbocycles. The SMILES string of the molecule is O=C(NCCS(=O)(=O)N1CCc2ccccc2C1)c1ccc(-c2ccccc2)cc1. The summed E-state index contributed by atoms with van der Waals surface area (Å²) < 4.78 is 26.9. The first-order valence-electron chi connectivity index (χ1n) is 10.0. The van der Waals surface area contributed by atoms with Gasteiger partial charge in [0.15, 0.2) is 0 Å². The fourth-order valence-electron chi connectivity index (χ4n) is 3.68. The number of rotatable bonds is 6. The number of benzene rings is 3. The van der Waals surface area contributed by atoms with E-state index in [9.17, 15) is 13.2 Å². The van der Waals surface area contributed by atoms with Crippen LogP contribution in [0.15, 0.2) is 78.9 Å².